The van der Waals surface area contributed by atoms with Crippen molar-refractivity contribution in [1.82, 2.24) is 4.31 Å². The SMILES string of the molecule is N#CCCCS(=O)(=O)N(Cc1ccccc1)C[C@@H](O)c1ccccc1C(F)(F)F. The molecule has 156 valence electrons. The van der Waals surface area contributed by atoms with Crippen molar-refractivity contribution in [2.75, 3.05) is 12.3 Å². The summed E-state index contributed by atoms with van der Waals surface area (Å²) in [6, 6.07) is 15.0. The van der Waals surface area contributed by atoms with Gasteiger partial charge in [0.05, 0.1) is 23.5 Å². The summed E-state index contributed by atoms with van der Waals surface area (Å²) >= 11 is 0. The van der Waals surface area contributed by atoms with E-state index in [2.05, 4.69) is 0 Å². The number of halogens is 3. The second-order valence-corrected chi connectivity index (χ2v) is 8.55. The Balaban J connectivity index is 2.31. The van der Waals surface area contributed by atoms with Crippen molar-refractivity contribution in [3.05, 3.63) is 71.3 Å². The highest BCUT2D eigenvalue weighted by molar-refractivity contribution is 7.89. The number of aliphatic hydroxyl groups is 1. The van der Waals surface area contributed by atoms with Gasteiger partial charge in [0.15, 0.2) is 0 Å². The third-order valence-electron chi connectivity index (χ3n) is 4.29. The second kappa shape index (κ2) is 9.87. The first kappa shape index (κ1) is 22.9. The second-order valence-electron chi connectivity index (χ2n) is 6.46. The molecular formula is C20H21F3N2O3S. The molecule has 2 aromatic carbocycles. The topological polar surface area (TPSA) is 81.4 Å². The van der Waals surface area contributed by atoms with Gasteiger partial charge in [0.25, 0.3) is 0 Å². The number of hydrogen-bond donors (Lipinski definition) is 1. The number of unbranched alkanes of at least 4 members (excludes halogenated alkanes) is 1. The van der Waals surface area contributed by atoms with Crippen LogP contribution in [0.4, 0.5) is 13.2 Å². The zero-order valence-electron chi connectivity index (χ0n) is 15.5. The molecule has 0 bridgehead atoms. The fourth-order valence-corrected chi connectivity index (χ4v) is 4.34. The summed E-state index contributed by atoms with van der Waals surface area (Å²) in [5, 5.41) is 19.1. The molecule has 0 saturated heterocycles. The molecule has 0 aliphatic rings. The number of nitriles is 1. The first-order chi connectivity index (χ1) is 13.6. The molecule has 0 radical (unpaired) electrons. The van der Waals surface area contributed by atoms with Crippen LogP contribution in [-0.4, -0.2) is 30.1 Å². The summed E-state index contributed by atoms with van der Waals surface area (Å²) < 4.78 is 66.2. The minimum Gasteiger partial charge on any atom is -0.387 e. The minimum absolute atomic E-state index is 0.0396. The Labute approximate surface area is 168 Å². The van der Waals surface area contributed by atoms with Crippen molar-refractivity contribution < 1.29 is 26.7 Å². The number of aliphatic hydroxyl groups excluding tert-OH is 1. The third-order valence-corrected chi connectivity index (χ3v) is 6.16. The molecule has 2 rings (SSSR count). The lowest BCUT2D eigenvalue weighted by molar-refractivity contribution is -0.139. The molecule has 0 heterocycles. The van der Waals surface area contributed by atoms with E-state index < -0.39 is 34.4 Å². The van der Waals surface area contributed by atoms with E-state index in [1.807, 2.05) is 6.07 Å². The van der Waals surface area contributed by atoms with Crippen LogP contribution in [0, 0.1) is 11.3 Å². The van der Waals surface area contributed by atoms with Crippen molar-refractivity contribution in [3.63, 3.8) is 0 Å². The van der Waals surface area contributed by atoms with E-state index in [1.54, 1.807) is 30.3 Å². The van der Waals surface area contributed by atoms with Gasteiger partial charge in [-0.2, -0.15) is 22.7 Å². The van der Waals surface area contributed by atoms with Crippen molar-refractivity contribution in [2.45, 2.75) is 31.7 Å². The lowest BCUT2D eigenvalue weighted by Crippen LogP contribution is -2.36. The Hall–Kier alpha value is -2.41. The number of hydrogen-bond acceptors (Lipinski definition) is 4. The van der Waals surface area contributed by atoms with Crippen molar-refractivity contribution in [2.24, 2.45) is 0 Å². The molecule has 1 N–H and O–H groups in total. The highest BCUT2D eigenvalue weighted by Gasteiger charge is 2.35. The van der Waals surface area contributed by atoms with Gasteiger partial charge < -0.3 is 5.11 Å². The predicted molar refractivity (Wildman–Crippen MR) is 102 cm³/mol. The van der Waals surface area contributed by atoms with Crippen molar-refractivity contribution in [3.8, 4) is 6.07 Å². The van der Waals surface area contributed by atoms with Gasteiger partial charge in [-0.15, -0.1) is 0 Å². The summed E-state index contributed by atoms with van der Waals surface area (Å²) in [6.07, 6.45) is -6.20. The monoisotopic (exact) mass is 426 g/mol. The summed E-state index contributed by atoms with van der Waals surface area (Å²) in [6.45, 7) is -0.627. The average molecular weight is 426 g/mol. The Morgan fingerprint density at radius 1 is 1.07 bits per heavy atom. The Bertz CT molecular complexity index is 941. The Morgan fingerprint density at radius 3 is 2.31 bits per heavy atom. The molecule has 29 heavy (non-hydrogen) atoms. The van der Waals surface area contributed by atoms with Gasteiger partial charge in [0.1, 0.15) is 0 Å². The summed E-state index contributed by atoms with van der Waals surface area (Å²) in [7, 11) is -3.90. The van der Waals surface area contributed by atoms with Crippen LogP contribution in [0.15, 0.2) is 54.6 Å². The molecule has 0 aromatic heterocycles. The molecule has 9 heteroatoms. The Morgan fingerprint density at radius 2 is 1.69 bits per heavy atom. The maximum absolute atomic E-state index is 13.3. The summed E-state index contributed by atoms with van der Waals surface area (Å²) in [4.78, 5) is 0. The normalized spacial score (nSPS) is 13.2. The molecule has 0 fully saturated rings. The number of benzene rings is 2. The molecule has 1 atom stereocenters. The zero-order chi connectivity index (χ0) is 21.5. The lowest BCUT2D eigenvalue weighted by Gasteiger charge is -2.26. The maximum atomic E-state index is 13.3. The van der Waals surface area contributed by atoms with Crippen molar-refractivity contribution >= 4 is 10.0 Å². The number of sulfonamides is 1. The van der Waals surface area contributed by atoms with Crippen LogP contribution in [0.5, 0.6) is 0 Å². The van der Waals surface area contributed by atoms with Crippen LogP contribution < -0.4 is 0 Å². The van der Waals surface area contributed by atoms with E-state index in [9.17, 15) is 26.7 Å². The van der Waals surface area contributed by atoms with E-state index in [4.69, 9.17) is 5.26 Å². The van der Waals surface area contributed by atoms with E-state index in [0.717, 1.165) is 16.4 Å². The predicted octanol–water partition coefficient (Wildman–Crippen LogP) is 3.87. The standard InChI is InChI=1S/C20H21F3N2O3S/c21-20(22,23)18-11-5-4-10-17(18)19(26)15-25(14-16-8-2-1-3-9-16)29(27,28)13-7-6-12-24/h1-5,8-11,19,26H,6-7,13-15H2/t19-/m1/s1. The number of rotatable bonds is 9. The zero-order valence-corrected chi connectivity index (χ0v) is 16.3. The van der Waals surface area contributed by atoms with Crippen LogP contribution >= 0.6 is 0 Å². The van der Waals surface area contributed by atoms with Crippen LogP contribution in [0.25, 0.3) is 0 Å². The smallest absolute Gasteiger partial charge is 0.387 e. The van der Waals surface area contributed by atoms with E-state index in [1.165, 1.54) is 12.1 Å². The van der Waals surface area contributed by atoms with Gasteiger partial charge in [0, 0.05) is 19.5 Å². The molecule has 0 saturated carbocycles. The maximum Gasteiger partial charge on any atom is 0.416 e. The molecule has 0 unspecified atom stereocenters. The average Bonchev–Trinajstić information content (AvgIpc) is 2.67. The van der Waals surface area contributed by atoms with Crippen molar-refractivity contribution in [1.29, 1.82) is 5.26 Å². The van der Waals surface area contributed by atoms with Gasteiger partial charge in [-0.05, 0) is 23.6 Å². The Kier molecular flexibility index (Phi) is 7.79. The van der Waals surface area contributed by atoms with Crippen LogP contribution in [-0.2, 0) is 22.7 Å². The van der Waals surface area contributed by atoms with Gasteiger partial charge in [-0.1, -0.05) is 48.5 Å². The quantitative estimate of drug-likeness (QED) is 0.617. The summed E-state index contributed by atoms with van der Waals surface area (Å²) in [5.41, 5.74) is -0.757. The number of alkyl halides is 3. The molecule has 2 aromatic rings. The van der Waals surface area contributed by atoms with Crippen LogP contribution in [0.1, 0.15) is 35.6 Å². The highest BCUT2D eigenvalue weighted by atomic mass is 32.2. The van der Waals surface area contributed by atoms with E-state index in [0.29, 0.717) is 5.56 Å². The van der Waals surface area contributed by atoms with Gasteiger partial charge in [-0.25, -0.2) is 8.42 Å². The van der Waals surface area contributed by atoms with Gasteiger partial charge in [0.2, 0.25) is 10.0 Å². The first-order valence-electron chi connectivity index (χ1n) is 8.88. The molecule has 0 aliphatic heterocycles. The molecule has 5 nitrogen and oxygen atoms in total. The fourth-order valence-electron chi connectivity index (χ4n) is 2.86. The van der Waals surface area contributed by atoms with Crippen LogP contribution in [0.3, 0.4) is 0 Å². The summed E-state index contributed by atoms with van der Waals surface area (Å²) in [5.74, 6) is -0.332. The molecule has 0 aliphatic carbocycles. The van der Waals surface area contributed by atoms with Gasteiger partial charge in [-0.3, -0.25) is 0 Å². The first-order valence-corrected chi connectivity index (χ1v) is 10.5. The largest absolute Gasteiger partial charge is 0.416 e. The molecule has 0 amide bonds. The van der Waals surface area contributed by atoms with E-state index in [-0.39, 0.29) is 30.7 Å². The van der Waals surface area contributed by atoms with E-state index >= 15 is 0 Å². The third kappa shape index (κ3) is 6.56. The highest BCUT2D eigenvalue weighted by Crippen LogP contribution is 2.35. The fraction of sp³-hybridized carbons (Fsp3) is 0.350. The number of nitrogens with zero attached hydrogens (tertiary/aromatic N) is 2. The minimum atomic E-state index is -4.67. The van der Waals surface area contributed by atoms with Crippen LogP contribution in [0.2, 0.25) is 0 Å². The molecule has 0 spiro atoms. The molecular weight excluding hydrogens is 405 g/mol. The lowest BCUT2D eigenvalue weighted by atomic mass is 10.0. The van der Waals surface area contributed by atoms with Gasteiger partial charge >= 0.3 is 6.18 Å².